The van der Waals surface area contributed by atoms with Gasteiger partial charge in [0.15, 0.2) is 0 Å². The van der Waals surface area contributed by atoms with E-state index in [-0.39, 0.29) is 11.9 Å². The molecular formula is C16H13BrFNO. The van der Waals surface area contributed by atoms with Gasteiger partial charge in [0.05, 0.1) is 6.04 Å². The molecule has 3 aromatic rings. The molecule has 0 aliphatic carbocycles. The predicted octanol–water partition coefficient (Wildman–Crippen LogP) is 4.64. The molecule has 0 saturated heterocycles. The Morgan fingerprint density at radius 1 is 1.15 bits per heavy atom. The summed E-state index contributed by atoms with van der Waals surface area (Å²) in [7, 11) is 1.79. The zero-order valence-corrected chi connectivity index (χ0v) is 12.4. The Labute approximate surface area is 124 Å². The number of fused-ring (bicyclic) bond motifs is 1. The molecule has 0 amide bonds. The van der Waals surface area contributed by atoms with Crippen LogP contribution in [-0.2, 0) is 0 Å². The summed E-state index contributed by atoms with van der Waals surface area (Å²) in [6.07, 6.45) is 0. The van der Waals surface area contributed by atoms with Crippen LogP contribution in [0.15, 0.2) is 57.4 Å². The number of furan rings is 1. The highest BCUT2D eigenvalue weighted by atomic mass is 79.9. The fourth-order valence-corrected chi connectivity index (χ4v) is 2.71. The molecule has 1 heterocycles. The van der Waals surface area contributed by atoms with Crippen molar-refractivity contribution in [1.82, 2.24) is 5.32 Å². The molecule has 1 N–H and O–H groups in total. The van der Waals surface area contributed by atoms with Crippen molar-refractivity contribution >= 4 is 26.9 Å². The standard InChI is InChI=1S/C16H13BrFNO/c1-19-16(12-9-11(17)6-7-13(12)18)15-8-10-4-2-3-5-14(10)20-15/h2-9,16,19H,1H3. The molecule has 0 spiro atoms. The predicted molar refractivity (Wildman–Crippen MR) is 81.2 cm³/mol. The SMILES string of the molecule is CNC(c1cc2ccccc2o1)c1cc(Br)ccc1F. The first-order valence-electron chi connectivity index (χ1n) is 6.29. The largest absolute Gasteiger partial charge is 0.459 e. The molecule has 0 fully saturated rings. The summed E-state index contributed by atoms with van der Waals surface area (Å²) in [5.74, 6) is 0.443. The average molecular weight is 334 g/mol. The average Bonchev–Trinajstić information content (AvgIpc) is 2.87. The number of rotatable bonds is 3. The summed E-state index contributed by atoms with van der Waals surface area (Å²) in [5.41, 5.74) is 1.36. The van der Waals surface area contributed by atoms with Gasteiger partial charge in [0, 0.05) is 15.4 Å². The lowest BCUT2D eigenvalue weighted by Crippen LogP contribution is -2.18. The Kier molecular flexibility index (Phi) is 3.59. The van der Waals surface area contributed by atoms with Crippen LogP contribution in [0.4, 0.5) is 4.39 Å². The van der Waals surface area contributed by atoms with E-state index >= 15 is 0 Å². The van der Waals surface area contributed by atoms with E-state index < -0.39 is 0 Å². The Morgan fingerprint density at radius 3 is 2.70 bits per heavy atom. The highest BCUT2D eigenvalue weighted by molar-refractivity contribution is 9.10. The third-order valence-corrected chi connectivity index (χ3v) is 3.78. The van der Waals surface area contributed by atoms with Gasteiger partial charge in [-0.25, -0.2) is 4.39 Å². The van der Waals surface area contributed by atoms with Gasteiger partial charge in [-0.2, -0.15) is 0 Å². The Bertz CT molecular complexity index is 720. The maximum absolute atomic E-state index is 14.0. The Balaban J connectivity index is 2.11. The van der Waals surface area contributed by atoms with Gasteiger partial charge >= 0.3 is 0 Å². The van der Waals surface area contributed by atoms with E-state index in [0.717, 1.165) is 15.4 Å². The molecule has 4 heteroatoms. The number of nitrogens with one attached hydrogen (secondary N) is 1. The van der Waals surface area contributed by atoms with Crippen LogP contribution in [0, 0.1) is 5.82 Å². The molecule has 1 atom stereocenters. The molecule has 0 aliphatic heterocycles. The smallest absolute Gasteiger partial charge is 0.134 e. The van der Waals surface area contributed by atoms with Crippen LogP contribution in [0.3, 0.4) is 0 Å². The summed E-state index contributed by atoms with van der Waals surface area (Å²) in [6.45, 7) is 0. The first-order valence-corrected chi connectivity index (χ1v) is 7.09. The van der Waals surface area contributed by atoms with E-state index in [0.29, 0.717) is 11.3 Å². The first kappa shape index (κ1) is 13.3. The van der Waals surface area contributed by atoms with Crippen LogP contribution in [0.5, 0.6) is 0 Å². The van der Waals surface area contributed by atoms with E-state index in [9.17, 15) is 4.39 Å². The lowest BCUT2D eigenvalue weighted by Gasteiger charge is -2.15. The normalized spacial score (nSPS) is 12.8. The zero-order chi connectivity index (χ0) is 14.1. The van der Waals surface area contributed by atoms with Crippen molar-refractivity contribution in [3.8, 4) is 0 Å². The van der Waals surface area contributed by atoms with Crippen molar-refractivity contribution in [2.45, 2.75) is 6.04 Å². The number of benzene rings is 2. The van der Waals surface area contributed by atoms with Gasteiger partial charge in [-0.15, -0.1) is 0 Å². The van der Waals surface area contributed by atoms with Gasteiger partial charge in [-0.3, -0.25) is 0 Å². The van der Waals surface area contributed by atoms with Gasteiger partial charge in [0.2, 0.25) is 0 Å². The molecule has 0 bridgehead atoms. The summed E-state index contributed by atoms with van der Waals surface area (Å²) < 4.78 is 20.7. The maximum atomic E-state index is 14.0. The first-order chi connectivity index (χ1) is 9.69. The minimum Gasteiger partial charge on any atom is -0.459 e. The number of para-hydroxylation sites is 1. The van der Waals surface area contributed by atoms with E-state index in [4.69, 9.17) is 4.42 Å². The molecule has 20 heavy (non-hydrogen) atoms. The molecule has 3 rings (SSSR count). The lowest BCUT2D eigenvalue weighted by molar-refractivity contribution is 0.476. The van der Waals surface area contributed by atoms with Crippen LogP contribution >= 0.6 is 15.9 Å². The van der Waals surface area contributed by atoms with Gasteiger partial charge in [0.25, 0.3) is 0 Å². The van der Waals surface area contributed by atoms with Crippen LogP contribution in [0.25, 0.3) is 11.0 Å². The fourth-order valence-electron chi connectivity index (χ4n) is 2.33. The highest BCUT2D eigenvalue weighted by Gasteiger charge is 2.20. The minimum atomic E-state index is -0.320. The summed E-state index contributed by atoms with van der Waals surface area (Å²) in [4.78, 5) is 0. The molecule has 0 radical (unpaired) electrons. The van der Waals surface area contributed by atoms with E-state index in [2.05, 4.69) is 21.2 Å². The number of hydrogen-bond acceptors (Lipinski definition) is 2. The molecule has 2 aromatic carbocycles. The Morgan fingerprint density at radius 2 is 1.95 bits per heavy atom. The van der Waals surface area contributed by atoms with E-state index in [1.54, 1.807) is 19.2 Å². The summed E-state index contributed by atoms with van der Waals surface area (Å²) in [5, 5.41) is 4.12. The van der Waals surface area contributed by atoms with Gasteiger partial charge < -0.3 is 9.73 Å². The van der Waals surface area contributed by atoms with Crippen LogP contribution in [0.1, 0.15) is 17.4 Å². The Hall–Kier alpha value is -1.65. The monoisotopic (exact) mass is 333 g/mol. The van der Waals surface area contributed by atoms with Crippen molar-refractivity contribution < 1.29 is 8.81 Å². The molecule has 1 aromatic heterocycles. The highest BCUT2D eigenvalue weighted by Crippen LogP contribution is 2.30. The lowest BCUT2D eigenvalue weighted by atomic mass is 10.0. The van der Waals surface area contributed by atoms with Crippen molar-refractivity contribution in [3.63, 3.8) is 0 Å². The third kappa shape index (κ3) is 2.37. The topological polar surface area (TPSA) is 25.2 Å². The van der Waals surface area contributed by atoms with Crippen LogP contribution in [0.2, 0.25) is 0 Å². The van der Waals surface area contributed by atoms with Gasteiger partial charge in [0.1, 0.15) is 17.2 Å². The molecule has 102 valence electrons. The number of halogens is 2. The molecular weight excluding hydrogens is 321 g/mol. The maximum Gasteiger partial charge on any atom is 0.134 e. The van der Waals surface area contributed by atoms with Crippen molar-refractivity contribution in [2.24, 2.45) is 0 Å². The second-order valence-corrected chi connectivity index (χ2v) is 5.49. The van der Waals surface area contributed by atoms with Crippen molar-refractivity contribution in [2.75, 3.05) is 7.05 Å². The van der Waals surface area contributed by atoms with Crippen LogP contribution in [-0.4, -0.2) is 7.05 Å². The molecule has 0 saturated carbocycles. The van der Waals surface area contributed by atoms with E-state index in [1.165, 1.54) is 6.07 Å². The van der Waals surface area contributed by atoms with Crippen molar-refractivity contribution in [1.29, 1.82) is 0 Å². The second kappa shape index (κ2) is 5.38. The minimum absolute atomic E-state index is 0.256. The fraction of sp³-hybridized carbons (Fsp3) is 0.125. The molecule has 1 unspecified atom stereocenters. The third-order valence-electron chi connectivity index (χ3n) is 3.29. The van der Waals surface area contributed by atoms with Crippen molar-refractivity contribution in [3.05, 3.63) is 70.1 Å². The van der Waals surface area contributed by atoms with E-state index in [1.807, 2.05) is 30.3 Å². The summed E-state index contributed by atoms with van der Waals surface area (Å²) >= 11 is 3.38. The van der Waals surface area contributed by atoms with Gasteiger partial charge in [-0.1, -0.05) is 34.1 Å². The second-order valence-electron chi connectivity index (χ2n) is 4.57. The van der Waals surface area contributed by atoms with Gasteiger partial charge in [-0.05, 0) is 37.4 Å². The zero-order valence-electron chi connectivity index (χ0n) is 10.9. The number of hydrogen-bond donors (Lipinski definition) is 1. The quantitative estimate of drug-likeness (QED) is 0.755. The molecule has 2 nitrogen and oxygen atoms in total. The molecule has 0 aliphatic rings. The van der Waals surface area contributed by atoms with Crippen LogP contribution < -0.4 is 5.32 Å². The summed E-state index contributed by atoms with van der Waals surface area (Å²) in [6, 6.07) is 14.3.